The van der Waals surface area contributed by atoms with Gasteiger partial charge in [-0.1, -0.05) is 33.9 Å². The molecule has 0 unspecified atom stereocenters. The van der Waals surface area contributed by atoms with E-state index in [1.54, 1.807) is 34.5 Å². The first kappa shape index (κ1) is 55.8. The fraction of sp³-hybridized carbons (Fsp3) is 0.487. The highest BCUT2D eigenvalue weighted by Gasteiger charge is 2.52. The Kier molecular flexibility index (Phi) is 19.1. The van der Waals surface area contributed by atoms with Crippen molar-refractivity contribution in [3.63, 3.8) is 0 Å². The summed E-state index contributed by atoms with van der Waals surface area (Å²) in [5, 5.41) is 16.1. The Balaban J connectivity index is 0.000000343. The Labute approximate surface area is 375 Å². The van der Waals surface area contributed by atoms with E-state index in [2.05, 4.69) is 49.8 Å². The normalized spacial score (nSPS) is 15.0. The van der Waals surface area contributed by atoms with E-state index in [0.29, 0.717) is 40.4 Å². The molecular formula is C39H50BClF8N10O6. The number of halogens is 9. The van der Waals surface area contributed by atoms with E-state index in [4.69, 9.17) is 30.4 Å². The zero-order valence-corrected chi connectivity index (χ0v) is 34.8. The standard InChI is InChI=1S/C15H13F4N5O2.C14H18BF4NO3.C7H7ClN4O.3CH4/c1-8(15(17,18)19)26-14-10(16)3-9(4-21-14)11-6-24-12(5-20-11)22-23-13(24)7-25-2;1-8(14(17,18)19)21-11-10(16)6-9(7-20-11)15-22-12(2,3)13(4,5)23-15;1-13-4-7-11-10-6-2-9-5(8)3-12(6)7;;;/h3-6,8H,7H2,1-2H3;6-8H,1-5H3;2-3H,4H2,1H3;3*1H4/t2*8-;;;;/m11..../s1. The lowest BCUT2D eigenvalue weighted by Crippen LogP contribution is -2.41. The van der Waals surface area contributed by atoms with Gasteiger partial charge in [0, 0.05) is 50.0 Å². The molecule has 358 valence electrons. The van der Waals surface area contributed by atoms with Crippen molar-refractivity contribution in [2.24, 2.45) is 0 Å². The van der Waals surface area contributed by atoms with Crippen molar-refractivity contribution in [2.75, 3.05) is 14.2 Å². The summed E-state index contributed by atoms with van der Waals surface area (Å²) in [6.07, 6.45) is -5.00. The van der Waals surface area contributed by atoms with Crippen LogP contribution in [-0.2, 0) is 32.0 Å². The van der Waals surface area contributed by atoms with Gasteiger partial charge in [-0.3, -0.25) is 13.8 Å². The molecule has 0 radical (unpaired) electrons. The van der Waals surface area contributed by atoms with Gasteiger partial charge in [-0.25, -0.2) is 23.7 Å². The van der Waals surface area contributed by atoms with Crippen molar-refractivity contribution in [3.05, 3.63) is 77.8 Å². The largest absolute Gasteiger partial charge is 0.496 e. The third kappa shape index (κ3) is 13.6. The lowest BCUT2D eigenvalue weighted by Gasteiger charge is -2.32. The summed E-state index contributed by atoms with van der Waals surface area (Å²) in [5.74, 6) is -2.26. The molecule has 7 rings (SSSR count). The molecule has 0 aromatic carbocycles. The molecule has 1 saturated heterocycles. The van der Waals surface area contributed by atoms with Gasteiger partial charge < -0.3 is 28.3 Å². The minimum atomic E-state index is -4.62. The highest BCUT2D eigenvalue weighted by Crippen LogP contribution is 2.37. The van der Waals surface area contributed by atoms with Crippen molar-refractivity contribution < 1.29 is 63.4 Å². The van der Waals surface area contributed by atoms with Gasteiger partial charge in [-0.05, 0) is 53.7 Å². The molecule has 0 N–H and O–H groups in total. The van der Waals surface area contributed by atoms with Crippen LogP contribution in [0.2, 0.25) is 5.15 Å². The van der Waals surface area contributed by atoms with Crippen molar-refractivity contribution in [1.29, 1.82) is 0 Å². The average Bonchev–Trinajstić information content (AvgIpc) is 3.85. The number of hydrogen-bond acceptors (Lipinski definition) is 14. The van der Waals surface area contributed by atoms with Gasteiger partial charge in [0.1, 0.15) is 18.4 Å². The molecule has 0 spiro atoms. The predicted molar refractivity (Wildman–Crippen MR) is 224 cm³/mol. The molecule has 16 nitrogen and oxygen atoms in total. The lowest BCUT2D eigenvalue weighted by molar-refractivity contribution is -0.190. The third-order valence-corrected chi connectivity index (χ3v) is 9.39. The number of alkyl halides is 6. The summed E-state index contributed by atoms with van der Waals surface area (Å²) < 4.78 is 137. The maximum absolute atomic E-state index is 14.1. The van der Waals surface area contributed by atoms with E-state index in [1.807, 2.05) is 27.7 Å². The summed E-state index contributed by atoms with van der Waals surface area (Å²) in [6.45, 7) is 9.50. The number of nitrogens with zero attached hydrogens (tertiary/aromatic N) is 10. The topological polar surface area (TPSA) is 167 Å². The average molecular weight is 953 g/mol. The third-order valence-electron chi connectivity index (χ3n) is 9.20. The zero-order valence-electron chi connectivity index (χ0n) is 34.1. The molecule has 26 heteroatoms. The summed E-state index contributed by atoms with van der Waals surface area (Å²) in [6, 6.07) is 2.01. The molecule has 1 aliphatic rings. The van der Waals surface area contributed by atoms with Gasteiger partial charge in [0.2, 0.25) is 0 Å². The molecule has 6 aromatic rings. The fourth-order valence-corrected chi connectivity index (χ4v) is 5.18. The molecule has 1 aliphatic heterocycles. The smallest absolute Gasteiger partial charge is 0.463 e. The van der Waals surface area contributed by atoms with Crippen LogP contribution in [0, 0.1) is 11.6 Å². The Morgan fingerprint density at radius 3 is 1.55 bits per heavy atom. The molecule has 0 saturated carbocycles. The number of rotatable bonds is 10. The minimum Gasteiger partial charge on any atom is -0.463 e. The minimum absolute atomic E-state index is 0. The van der Waals surface area contributed by atoms with E-state index < -0.39 is 66.3 Å². The second-order valence-corrected chi connectivity index (χ2v) is 14.7. The van der Waals surface area contributed by atoms with Crippen LogP contribution in [0.4, 0.5) is 35.1 Å². The van der Waals surface area contributed by atoms with Crippen LogP contribution >= 0.6 is 11.6 Å². The van der Waals surface area contributed by atoms with Gasteiger partial charge in [-0.15, -0.1) is 20.4 Å². The van der Waals surface area contributed by atoms with Crippen LogP contribution in [0.15, 0.2) is 49.3 Å². The highest BCUT2D eigenvalue weighted by atomic mass is 35.5. The number of methoxy groups -OCH3 is 2. The number of ether oxygens (including phenoxy) is 4. The van der Waals surface area contributed by atoms with Crippen molar-refractivity contribution in [3.8, 4) is 23.0 Å². The van der Waals surface area contributed by atoms with Gasteiger partial charge in [0.25, 0.3) is 11.8 Å². The van der Waals surface area contributed by atoms with Gasteiger partial charge >= 0.3 is 19.5 Å². The van der Waals surface area contributed by atoms with Crippen LogP contribution in [0.3, 0.4) is 0 Å². The van der Waals surface area contributed by atoms with Crippen LogP contribution < -0.4 is 14.9 Å². The number of hydrogen-bond donors (Lipinski definition) is 0. The Morgan fingerprint density at radius 2 is 1.11 bits per heavy atom. The monoisotopic (exact) mass is 952 g/mol. The maximum Gasteiger partial charge on any atom is 0.496 e. The van der Waals surface area contributed by atoms with Gasteiger partial charge in [-0.2, -0.15) is 26.3 Å². The summed E-state index contributed by atoms with van der Waals surface area (Å²) in [4.78, 5) is 15.3. The Morgan fingerprint density at radius 1 is 0.662 bits per heavy atom. The second kappa shape index (κ2) is 22.2. The second-order valence-electron chi connectivity index (χ2n) is 14.3. The van der Waals surface area contributed by atoms with E-state index in [0.717, 1.165) is 26.0 Å². The van der Waals surface area contributed by atoms with Crippen molar-refractivity contribution in [1.82, 2.24) is 49.1 Å². The number of pyridine rings is 2. The molecule has 0 bridgehead atoms. The van der Waals surface area contributed by atoms with E-state index in [-0.39, 0.29) is 39.9 Å². The molecule has 0 aliphatic carbocycles. The van der Waals surface area contributed by atoms with E-state index >= 15 is 0 Å². The summed E-state index contributed by atoms with van der Waals surface area (Å²) in [5.41, 5.74) is 0.755. The first-order valence-electron chi connectivity index (χ1n) is 18.1. The molecular weight excluding hydrogens is 903 g/mol. The number of fused-ring (bicyclic) bond motifs is 2. The van der Waals surface area contributed by atoms with Crippen LogP contribution in [0.25, 0.3) is 22.6 Å². The lowest BCUT2D eigenvalue weighted by atomic mass is 9.80. The number of aromatic nitrogens is 10. The van der Waals surface area contributed by atoms with Crippen molar-refractivity contribution >= 4 is 35.5 Å². The zero-order chi connectivity index (χ0) is 45.8. The van der Waals surface area contributed by atoms with E-state index in [1.165, 1.54) is 25.7 Å². The molecule has 65 heavy (non-hydrogen) atoms. The SMILES string of the molecule is C.C.C.COCc1nnc2cnc(-c3cnc(O[C@H](C)C(F)(F)F)c(F)c3)cn12.COCc1nnc2cnc(Cl)cn12.C[C@@H](Oc1ncc(B2OC(C)(C)C(C)(C)O2)cc1F)C(F)(F)F. The first-order chi connectivity index (χ1) is 28.9. The quantitative estimate of drug-likeness (QED) is 0.0947. The van der Waals surface area contributed by atoms with Crippen molar-refractivity contribution in [2.45, 2.75) is 113 Å². The van der Waals surface area contributed by atoms with E-state index in [9.17, 15) is 35.1 Å². The van der Waals surface area contributed by atoms with Gasteiger partial charge in [0.05, 0.1) is 29.3 Å². The fourth-order valence-electron chi connectivity index (χ4n) is 5.03. The molecule has 2 atom stereocenters. The molecule has 6 aromatic heterocycles. The maximum atomic E-state index is 14.1. The molecule has 1 fully saturated rings. The summed E-state index contributed by atoms with van der Waals surface area (Å²) >= 11 is 5.72. The summed E-state index contributed by atoms with van der Waals surface area (Å²) in [7, 11) is 2.25. The first-order valence-corrected chi connectivity index (χ1v) is 18.5. The van der Waals surface area contributed by atoms with Crippen LogP contribution in [-0.4, -0.2) is 106 Å². The van der Waals surface area contributed by atoms with Crippen LogP contribution in [0.1, 0.15) is 75.5 Å². The van der Waals surface area contributed by atoms with Gasteiger partial charge in [0.15, 0.2) is 46.8 Å². The molecule has 0 amide bonds. The predicted octanol–water partition coefficient (Wildman–Crippen LogP) is 8.48. The van der Waals surface area contributed by atoms with Crippen LogP contribution in [0.5, 0.6) is 11.8 Å². The Bertz CT molecular complexity index is 2460. The molecule has 7 heterocycles. The highest BCUT2D eigenvalue weighted by molar-refractivity contribution is 6.62. The Hall–Kier alpha value is -5.37.